The van der Waals surface area contributed by atoms with Gasteiger partial charge in [0.2, 0.25) is 0 Å². The van der Waals surface area contributed by atoms with E-state index in [1.54, 1.807) is 146 Å². The molecule has 0 aliphatic carbocycles. The molecular formula is C36H24Cl6O6P2. The molecule has 50 heavy (non-hydrogen) atoms. The summed E-state index contributed by atoms with van der Waals surface area (Å²) in [5.74, 6) is 3.06. The molecule has 0 atom stereocenters. The average molecular weight is 827 g/mol. The van der Waals surface area contributed by atoms with Crippen molar-refractivity contribution in [2.75, 3.05) is 0 Å². The second kappa shape index (κ2) is 19.4. The van der Waals surface area contributed by atoms with E-state index in [1.165, 1.54) is 0 Å². The first-order valence-electron chi connectivity index (χ1n) is 14.4. The average Bonchev–Trinajstić information content (AvgIpc) is 3.11. The first-order valence-corrected chi connectivity index (χ1v) is 18.9. The van der Waals surface area contributed by atoms with E-state index in [1.807, 2.05) is 0 Å². The third-order valence-electron chi connectivity index (χ3n) is 6.01. The molecule has 0 saturated heterocycles. The van der Waals surface area contributed by atoms with Gasteiger partial charge in [-0.25, -0.2) is 0 Å². The van der Waals surface area contributed by atoms with Crippen molar-refractivity contribution in [1.82, 2.24) is 0 Å². The van der Waals surface area contributed by atoms with E-state index in [9.17, 15) is 0 Å². The molecule has 6 rings (SSSR count). The summed E-state index contributed by atoms with van der Waals surface area (Å²) in [6, 6.07) is 42.0. The van der Waals surface area contributed by atoms with Gasteiger partial charge in [-0.05, 0) is 109 Å². The molecule has 0 saturated carbocycles. The molecule has 0 radical (unpaired) electrons. The predicted molar refractivity (Wildman–Crippen MR) is 206 cm³/mol. The van der Waals surface area contributed by atoms with Crippen LogP contribution in [0, 0.1) is 0 Å². The van der Waals surface area contributed by atoms with Crippen molar-refractivity contribution in [2.24, 2.45) is 0 Å². The molecular weight excluding hydrogens is 803 g/mol. The lowest BCUT2D eigenvalue weighted by molar-refractivity contribution is 0.387. The lowest BCUT2D eigenvalue weighted by Crippen LogP contribution is -2.03. The van der Waals surface area contributed by atoms with Crippen molar-refractivity contribution in [3.63, 3.8) is 0 Å². The fourth-order valence-corrected chi connectivity index (χ4v) is 6.78. The van der Waals surface area contributed by atoms with Gasteiger partial charge in [-0.3, -0.25) is 0 Å². The summed E-state index contributed by atoms with van der Waals surface area (Å²) >= 11 is 36.2. The molecule has 0 fully saturated rings. The Morgan fingerprint density at radius 3 is 0.780 bits per heavy atom. The van der Waals surface area contributed by atoms with Gasteiger partial charge in [0.1, 0.15) is 34.5 Å². The van der Waals surface area contributed by atoms with Gasteiger partial charge < -0.3 is 27.1 Å². The van der Waals surface area contributed by atoms with Crippen LogP contribution in [0.15, 0.2) is 146 Å². The van der Waals surface area contributed by atoms with Crippen molar-refractivity contribution in [3.05, 3.63) is 176 Å². The molecule has 0 N–H and O–H groups in total. The van der Waals surface area contributed by atoms with Crippen LogP contribution >= 0.6 is 86.8 Å². The van der Waals surface area contributed by atoms with Crippen molar-refractivity contribution in [1.29, 1.82) is 0 Å². The van der Waals surface area contributed by atoms with Crippen LogP contribution in [0.3, 0.4) is 0 Å². The monoisotopic (exact) mass is 824 g/mol. The van der Waals surface area contributed by atoms with E-state index in [0.29, 0.717) is 64.6 Å². The van der Waals surface area contributed by atoms with E-state index in [-0.39, 0.29) is 0 Å². The molecule has 6 aromatic carbocycles. The molecule has 0 heterocycles. The van der Waals surface area contributed by atoms with Crippen molar-refractivity contribution < 1.29 is 27.1 Å². The molecule has 6 aromatic rings. The van der Waals surface area contributed by atoms with Crippen LogP contribution in [-0.4, -0.2) is 0 Å². The lowest BCUT2D eigenvalue weighted by Gasteiger charge is -2.19. The maximum Gasteiger partial charge on any atom is 0.530 e. The van der Waals surface area contributed by atoms with Gasteiger partial charge >= 0.3 is 17.2 Å². The minimum Gasteiger partial charge on any atom is -0.409 e. The minimum absolute atomic E-state index is 0.439. The number of rotatable bonds is 12. The maximum absolute atomic E-state index is 6.16. The van der Waals surface area contributed by atoms with Crippen LogP contribution in [0.1, 0.15) is 0 Å². The van der Waals surface area contributed by atoms with Gasteiger partial charge in [-0.2, -0.15) is 0 Å². The number of hydrogen-bond donors (Lipinski definition) is 0. The molecule has 0 bridgehead atoms. The van der Waals surface area contributed by atoms with Crippen molar-refractivity contribution in [3.8, 4) is 34.5 Å². The topological polar surface area (TPSA) is 55.4 Å². The predicted octanol–water partition coefficient (Wildman–Crippen LogP) is 14.8. The molecule has 0 aromatic heterocycles. The summed E-state index contributed by atoms with van der Waals surface area (Å²) < 4.78 is 35.0. The SMILES string of the molecule is Clc1ccc(OP(Oc2ccc(Cl)cc2)Oc2ccc(Cl)cc2)cc1.Clc1ccccc1OP(Oc1ccccc1Cl)Oc1ccccc1Cl. The van der Waals surface area contributed by atoms with E-state index >= 15 is 0 Å². The summed E-state index contributed by atoms with van der Waals surface area (Å²) in [7, 11) is -3.64. The normalized spacial score (nSPS) is 10.6. The van der Waals surface area contributed by atoms with Crippen LogP contribution in [0.4, 0.5) is 0 Å². The van der Waals surface area contributed by atoms with Gasteiger partial charge in [0.25, 0.3) is 0 Å². The molecule has 6 nitrogen and oxygen atoms in total. The van der Waals surface area contributed by atoms with Crippen LogP contribution in [-0.2, 0) is 0 Å². The van der Waals surface area contributed by atoms with E-state index in [0.717, 1.165) is 0 Å². The Morgan fingerprint density at radius 1 is 0.280 bits per heavy atom. The highest BCUT2D eigenvalue weighted by Crippen LogP contribution is 2.47. The van der Waals surface area contributed by atoms with Crippen molar-refractivity contribution >= 4 is 86.8 Å². The van der Waals surface area contributed by atoms with E-state index in [4.69, 9.17) is 96.7 Å². The summed E-state index contributed by atoms with van der Waals surface area (Å²) in [6.45, 7) is 0. The zero-order valence-electron chi connectivity index (χ0n) is 25.5. The first kappa shape index (κ1) is 38.0. The highest BCUT2D eigenvalue weighted by molar-refractivity contribution is 7.43. The third-order valence-corrected chi connectivity index (χ3v) is 9.82. The zero-order chi connectivity index (χ0) is 35.3. The zero-order valence-corrected chi connectivity index (χ0v) is 31.8. The Hall–Kier alpha value is -3.28. The largest absolute Gasteiger partial charge is 0.530 e. The Labute approximate surface area is 322 Å². The number of hydrogen-bond acceptors (Lipinski definition) is 6. The van der Waals surface area contributed by atoms with Crippen molar-refractivity contribution in [2.45, 2.75) is 0 Å². The highest BCUT2D eigenvalue weighted by Gasteiger charge is 2.23. The Balaban J connectivity index is 0.000000194. The van der Waals surface area contributed by atoms with Gasteiger partial charge in [-0.15, -0.1) is 0 Å². The van der Waals surface area contributed by atoms with Crippen LogP contribution in [0.2, 0.25) is 30.1 Å². The van der Waals surface area contributed by atoms with Gasteiger partial charge in [0, 0.05) is 15.1 Å². The van der Waals surface area contributed by atoms with Gasteiger partial charge in [0.05, 0.1) is 15.1 Å². The summed E-state index contributed by atoms with van der Waals surface area (Å²) in [5.41, 5.74) is 0. The van der Waals surface area contributed by atoms with E-state index in [2.05, 4.69) is 0 Å². The molecule has 0 aliphatic heterocycles. The molecule has 0 amide bonds. The fraction of sp³-hybridized carbons (Fsp3) is 0. The molecule has 0 spiro atoms. The van der Waals surface area contributed by atoms with Crippen LogP contribution < -0.4 is 27.1 Å². The molecule has 0 unspecified atom stereocenters. The quantitative estimate of drug-likeness (QED) is 0.115. The molecule has 14 heteroatoms. The second-order valence-corrected chi connectivity index (χ2v) is 14.2. The van der Waals surface area contributed by atoms with Gasteiger partial charge in [0.15, 0.2) is 0 Å². The smallest absolute Gasteiger partial charge is 0.409 e. The number of benzene rings is 6. The minimum atomic E-state index is -1.89. The van der Waals surface area contributed by atoms with Crippen LogP contribution in [0.5, 0.6) is 34.5 Å². The number of halogens is 6. The summed E-state index contributed by atoms with van der Waals surface area (Å²) in [6.07, 6.45) is 0. The van der Waals surface area contributed by atoms with Gasteiger partial charge in [-0.1, -0.05) is 106 Å². The molecule has 0 aliphatic rings. The fourth-order valence-electron chi connectivity index (χ4n) is 3.65. The van der Waals surface area contributed by atoms with Crippen LogP contribution in [0.25, 0.3) is 0 Å². The Morgan fingerprint density at radius 2 is 0.520 bits per heavy atom. The maximum atomic E-state index is 6.16. The summed E-state index contributed by atoms with van der Waals surface area (Å²) in [5, 5.41) is 3.19. The third kappa shape index (κ3) is 12.2. The second-order valence-electron chi connectivity index (χ2n) is 9.65. The molecule has 256 valence electrons. The lowest BCUT2D eigenvalue weighted by atomic mass is 10.3. The highest BCUT2D eigenvalue weighted by atomic mass is 35.5. The van der Waals surface area contributed by atoms with E-state index < -0.39 is 17.2 Å². The number of para-hydroxylation sites is 3. The Bertz CT molecular complexity index is 1730. The first-order chi connectivity index (χ1) is 24.2. The summed E-state index contributed by atoms with van der Waals surface area (Å²) in [4.78, 5) is 0. The Kier molecular flexibility index (Phi) is 14.7. The standard InChI is InChI=1S/2C18H12Cl3O3P/c19-13-1-7-16(8-2-13)22-25(23-17-9-3-14(20)4-10-17)24-18-11-5-15(21)6-12-18;19-13-7-1-4-10-16(13)22-25(23-17-11-5-2-8-14(17)20)24-18-12-6-3-9-15(18)21/h2*1-12H.